The molecule has 14 heavy (non-hydrogen) atoms. The van der Waals surface area contributed by atoms with Gasteiger partial charge in [0, 0.05) is 5.56 Å². The number of fused-ring (bicyclic) bond motifs is 4. The van der Waals surface area contributed by atoms with Gasteiger partial charge in [-0.05, 0) is 6.92 Å². The van der Waals surface area contributed by atoms with Gasteiger partial charge in [-0.2, -0.15) is 4.89 Å². The molecular weight excluding hydrogens is 206 g/mol. The molecule has 1 aromatic heterocycles. The van der Waals surface area contributed by atoms with Gasteiger partial charge in [0.15, 0.2) is 0 Å². The van der Waals surface area contributed by atoms with Gasteiger partial charge >= 0.3 is 0 Å². The lowest BCUT2D eigenvalue weighted by molar-refractivity contribution is -0.217. The number of hydrogen-bond acceptors (Lipinski definition) is 4. The molecule has 0 saturated heterocycles. The summed E-state index contributed by atoms with van der Waals surface area (Å²) in [6.07, 6.45) is 0. The van der Waals surface area contributed by atoms with Crippen molar-refractivity contribution < 1.29 is 14.5 Å². The fraction of sp³-hybridized carbons (Fsp3) is 0.444. The van der Waals surface area contributed by atoms with E-state index in [-0.39, 0.29) is 0 Å². The van der Waals surface area contributed by atoms with Crippen molar-refractivity contribution in [1.29, 1.82) is 0 Å². The Morgan fingerprint density at radius 2 is 2.36 bits per heavy atom. The van der Waals surface area contributed by atoms with Crippen LogP contribution in [0.15, 0.2) is 0 Å². The molecule has 0 radical (unpaired) electrons. The molecule has 1 aromatic rings. The van der Waals surface area contributed by atoms with Crippen LogP contribution in [0.2, 0.25) is 0 Å². The van der Waals surface area contributed by atoms with Crippen LogP contribution in [-0.4, -0.2) is 12.1 Å². The minimum atomic E-state index is 0.315. The first-order valence-electron chi connectivity index (χ1n) is 4.19. The first-order valence-corrected chi connectivity index (χ1v) is 4.73. The van der Waals surface area contributed by atoms with Crippen LogP contribution >= 0.6 is 11.6 Å². The molecule has 76 valence electrons. The van der Waals surface area contributed by atoms with Gasteiger partial charge in [0.1, 0.15) is 12.4 Å². The molecule has 0 unspecified atom stereocenters. The van der Waals surface area contributed by atoms with Crippen LogP contribution in [0, 0.1) is 6.92 Å². The highest BCUT2D eigenvalue weighted by Gasteiger charge is 2.23. The van der Waals surface area contributed by atoms with E-state index in [4.69, 9.17) is 26.1 Å². The molecule has 3 rings (SSSR count). The van der Waals surface area contributed by atoms with Gasteiger partial charge in [0.05, 0.1) is 24.2 Å². The zero-order chi connectivity index (χ0) is 10.1. The summed E-state index contributed by atoms with van der Waals surface area (Å²) in [6, 6.07) is 0. The van der Waals surface area contributed by atoms with Crippen molar-refractivity contribution in [2.24, 2.45) is 0 Å². The summed E-state index contributed by atoms with van der Waals surface area (Å²) in [7, 11) is 1.61. The van der Waals surface area contributed by atoms with Crippen molar-refractivity contribution in [3.8, 4) is 11.6 Å². The minimum absolute atomic E-state index is 0.315. The Bertz CT molecular complexity index is 368. The second-order valence-corrected chi connectivity index (χ2v) is 3.25. The number of hydrogen-bond donors (Lipinski definition) is 0. The predicted molar refractivity (Wildman–Crippen MR) is 50.5 cm³/mol. The van der Waals surface area contributed by atoms with Gasteiger partial charge in [-0.3, -0.25) is 0 Å². The first kappa shape index (κ1) is 9.55. The molecule has 4 nitrogen and oxygen atoms in total. The van der Waals surface area contributed by atoms with Gasteiger partial charge in [0.2, 0.25) is 0 Å². The minimum Gasteiger partial charge on any atom is -0.496 e. The van der Waals surface area contributed by atoms with Crippen molar-refractivity contribution in [1.82, 2.24) is 4.98 Å². The molecule has 0 aliphatic carbocycles. The van der Waals surface area contributed by atoms with Crippen molar-refractivity contribution in [2.45, 2.75) is 19.4 Å². The number of nitrogens with zero attached hydrogens (tertiary/aromatic N) is 1. The summed E-state index contributed by atoms with van der Waals surface area (Å²) < 4.78 is 5.27. The summed E-state index contributed by atoms with van der Waals surface area (Å²) in [5, 5.41) is 0. The average molecular weight is 216 g/mol. The number of ether oxygens (including phenoxy) is 1. The molecule has 0 aromatic carbocycles. The molecule has 0 atom stereocenters. The van der Waals surface area contributed by atoms with E-state index in [0.717, 1.165) is 22.6 Å². The SMILES string of the molecule is COc1c(C)c2nc(CCl)c1COO2. The molecule has 0 spiro atoms. The third kappa shape index (κ3) is 1.31. The molecule has 0 N–H and O–H groups in total. The van der Waals surface area contributed by atoms with E-state index in [2.05, 4.69) is 4.98 Å². The van der Waals surface area contributed by atoms with Gasteiger partial charge in [-0.15, -0.1) is 11.6 Å². The quantitative estimate of drug-likeness (QED) is 0.559. The number of alkyl halides is 1. The highest BCUT2D eigenvalue weighted by atomic mass is 35.5. The summed E-state index contributed by atoms with van der Waals surface area (Å²) in [5.41, 5.74) is 2.46. The Kier molecular flexibility index (Phi) is 2.48. The van der Waals surface area contributed by atoms with Crippen LogP contribution < -0.4 is 9.62 Å². The average Bonchev–Trinajstić information content (AvgIpc) is 2.48. The lowest BCUT2D eigenvalue weighted by Gasteiger charge is -2.09. The number of pyridine rings is 1. The van der Waals surface area contributed by atoms with Crippen molar-refractivity contribution in [2.75, 3.05) is 7.11 Å². The van der Waals surface area contributed by atoms with E-state index in [9.17, 15) is 0 Å². The van der Waals surface area contributed by atoms with Crippen LogP contribution in [0.4, 0.5) is 0 Å². The maximum absolute atomic E-state index is 5.76. The fourth-order valence-corrected chi connectivity index (χ4v) is 1.71. The van der Waals surface area contributed by atoms with E-state index in [1.165, 1.54) is 0 Å². The van der Waals surface area contributed by atoms with Gasteiger partial charge in [-0.25, -0.2) is 4.98 Å². The lowest BCUT2D eigenvalue weighted by Crippen LogP contribution is -1.99. The third-order valence-corrected chi connectivity index (χ3v) is 2.45. The van der Waals surface area contributed by atoms with Crippen molar-refractivity contribution in [3.63, 3.8) is 0 Å². The van der Waals surface area contributed by atoms with E-state index in [1.807, 2.05) is 6.92 Å². The Balaban J connectivity index is 2.66. The molecule has 2 bridgehead atoms. The topological polar surface area (TPSA) is 40.6 Å². The second-order valence-electron chi connectivity index (χ2n) is 2.98. The van der Waals surface area contributed by atoms with Gasteiger partial charge < -0.3 is 9.62 Å². The molecule has 2 aliphatic rings. The molecule has 3 heterocycles. The van der Waals surface area contributed by atoms with Crippen LogP contribution in [0.3, 0.4) is 0 Å². The molecule has 0 fully saturated rings. The third-order valence-electron chi connectivity index (χ3n) is 2.19. The Labute approximate surface area is 86.7 Å². The standard InChI is InChI=1S/C9H10ClNO3/c1-5-8(12-2)6-4-13-14-9(5)11-7(6)3-10/h3-4H2,1-2H3. The van der Waals surface area contributed by atoms with Crippen LogP contribution in [0.25, 0.3) is 0 Å². The highest BCUT2D eigenvalue weighted by Crippen LogP contribution is 2.35. The van der Waals surface area contributed by atoms with Gasteiger partial charge in [-0.1, -0.05) is 0 Å². The molecule has 2 aliphatic heterocycles. The summed E-state index contributed by atoms with van der Waals surface area (Å²) in [4.78, 5) is 14.1. The zero-order valence-corrected chi connectivity index (χ0v) is 8.72. The zero-order valence-electron chi connectivity index (χ0n) is 7.96. The Morgan fingerprint density at radius 3 is 3.00 bits per heavy atom. The number of aromatic nitrogens is 1. The second kappa shape index (κ2) is 3.63. The normalized spacial score (nSPS) is 13.6. The van der Waals surface area contributed by atoms with E-state index < -0.39 is 0 Å². The predicted octanol–water partition coefficient (Wildman–Crippen LogP) is 1.96. The van der Waals surface area contributed by atoms with Crippen LogP contribution in [0.1, 0.15) is 16.8 Å². The monoisotopic (exact) mass is 215 g/mol. The largest absolute Gasteiger partial charge is 0.496 e. The summed E-state index contributed by atoms with van der Waals surface area (Å²) in [6.45, 7) is 2.19. The Morgan fingerprint density at radius 1 is 1.57 bits per heavy atom. The smallest absolute Gasteiger partial charge is 0.263 e. The Hall–Kier alpha value is -1.00. The van der Waals surface area contributed by atoms with E-state index >= 15 is 0 Å². The van der Waals surface area contributed by atoms with Crippen LogP contribution in [-0.2, 0) is 17.4 Å². The lowest BCUT2D eigenvalue weighted by atomic mass is 10.1. The molecule has 0 saturated carbocycles. The molecule has 0 amide bonds. The summed E-state index contributed by atoms with van der Waals surface area (Å²) in [5.74, 6) is 1.51. The maximum atomic E-state index is 5.76. The molecule has 5 heteroatoms. The summed E-state index contributed by atoms with van der Waals surface area (Å²) >= 11 is 5.76. The van der Waals surface area contributed by atoms with Gasteiger partial charge in [0.25, 0.3) is 5.88 Å². The highest BCUT2D eigenvalue weighted by molar-refractivity contribution is 6.17. The number of rotatable bonds is 2. The number of halogens is 1. The van der Waals surface area contributed by atoms with E-state index in [1.54, 1.807) is 7.11 Å². The van der Waals surface area contributed by atoms with Crippen LogP contribution in [0.5, 0.6) is 11.6 Å². The van der Waals surface area contributed by atoms with Crippen molar-refractivity contribution >= 4 is 11.6 Å². The first-order chi connectivity index (χ1) is 6.77. The fourth-order valence-electron chi connectivity index (χ4n) is 1.49. The molecular formula is C9H10ClNO3. The van der Waals surface area contributed by atoms with E-state index in [0.29, 0.717) is 18.4 Å². The maximum Gasteiger partial charge on any atom is 0.263 e. The number of methoxy groups -OCH3 is 1. The van der Waals surface area contributed by atoms with Crippen molar-refractivity contribution in [3.05, 3.63) is 16.8 Å².